The fourth-order valence-corrected chi connectivity index (χ4v) is 1.88. The number of hydrogen-bond acceptors (Lipinski definition) is 3. The van der Waals surface area contributed by atoms with E-state index in [-0.39, 0.29) is 0 Å². The molecule has 1 aliphatic heterocycles. The summed E-state index contributed by atoms with van der Waals surface area (Å²) in [5.41, 5.74) is 8.57. The lowest BCUT2D eigenvalue weighted by atomic mass is 10.3. The second-order valence-corrected chi connectivity index (χ2v) is 3.48. The van der Waals surface area contributed by atoms with Crippen molar-refractivity contribution in [3.63, 3.8) is 0 Å². The highest BCUT2D eigenvalue weighted by Gasteiger charge is 2.14. The lowest BCUT2D eigenvalue weighted by molar-refractivity contribution is 0.0830. The van der Waals surface area contributed by atoms with Gasteiger partial charge in [0.25, 0.3) is 0 Å². The van der Waals surface area contributed by atoms with Crippen molar-refractivity contribution in [3.05, 3.63) is 24.0 Å². The number of fused-ring (bicyclic) bond motifs is 3. The molecule has 0 bridgehead atoms. The molecule has 0 aliphatic carbocycles. The molecule has 14 heavy (non-hydrogen) atoms. The first-order valence-electron chi connectivity index (χ1n) is 4.67. The predicted octanol–water partition coefficient (Wildman–Crippen LogP) is 1.15. The van der Waals surface area contributed by atoms with Crippen LogP contribution in [0.3, 0.4) is 0 Å². The van der Waals surface area contributed by atoms with Crippen molar-refractivity contribution < 1.29 is 4.74 Å². The Morgan fingerprint density at radius 2 is 2.36 bits per heavy atom. The maximum Gasteiger partial charge on any atom is 0.136 e. The highest BCUT2D eigenvalue weighted by Crippen LogP contribution is 2.21. The van der Waals surface area contributed by atoms with Crippen molar-refractivity contribution in [2.75, 3.05) is 12.3 Å². The SMILES string of the molecule is Nc1ccc2c(c1)nc1n2CCOC1. The van der Waals surface area contributed by atoms with Crippen molar-refractivity contribution in [3.8, 4) is 0 Å². The molecule has 0 unspecified atom stereocenters. The Kier molecular flexibility index (Phi) is 1.52. The molecular formula is C10H11N3O. The van der Waals surface area contributed by atoms with E-state index >= 15 is 0 Å². The van der Waals surface area contributed by atoms with E-state index in [1.807, 2.05) is 18.2 Å². The van der Waals surface area contributed by atoms with E-state index < -0.39 is 0 Å². The molecule has 1 aliphatic rings. The smallest absolute Gasteiger partial charge is 0.136 e. The number of hydrogen-bond donors (Lipinski definition) is 1. The van der Waals surface area contributed by atoms with Crippen LogP contribution in [0.4, 0.5) is 5.69 Å². The van der Waals surface area contributed by atoms with Crippen LogP contribution >= 0.6 is 0 Å². The van der Waals surface area contributed by atoms with Crippen LogP contribution in [0.2, 0.25) is 0 Å². The van der Waals surface area contributed by atoms with E-state index in [1.165, 1.54) is 0 Å². The molecule has 2 aromatic rings. The molecule has 4 nitrogen and oxygen atoms in total. The minimum absolute atomic E-state index is 0.606. The highest BCUT2D eigenvalue weighted by atomic mass is 16.5. The molecule has 0 amide bonds. The van der Waals surface area contributed by atoms with E-state index in [2.05, 4.69) is 9.55 Å². The largest absolute Gasteiger partial charge is 0.399 e. The van der Waals surface area contributed by atoms with Gasteiger partial charge in [0, 0.05) is 12.2 Å². The summed E-state index contributed by atoms with van der Waals surface area (Å²) in [5.74, 6) is 0.997. The number of benzene rings is 1. The van der Waals surface area contributed by atoms with Gasteiger partial charge in [-0.05, 0) is 18.2 Å². The maximum atomic E-state index is 5.70. The van der Waals surface area contributed by atoms with Crippen LogP contribution in [0.15, 0.2) is 18.2 Å². The summed E-state index contributed by atoms with van der Waals surface area (Å²) in [7, 11) is 0. The third kappa shape index (κ3) is 1.01. The number of anilines is 1. The summed E-state index contributed by atoms with van der Waals surface area (Å²) in [5, 5.41) is 0. The number of ether oxygens (including phenoxy) is 1. The Hall–Kier alpha value is -1.55. The zero-order valence-electron chi connectivity index (χ0n) is 7.73. The number of nitrogens with two attached hydrogens (primary N) is 1. The molecule has 72 valence electrons. The molecule has 0 fully saturated rings. The van der Waals surface area contributed by atoms with Gasteiger partial charge in [-0.15, -0.1) is 0 Å². The molecular weight excluding hydrogens is 178 g/mol. The number of aromatic nitrogens is 2. The van der Waals surface area contributed by atoms with Gasteiger partial charge >= 0.3 is 0 Å². The first-order chi connectivity index (χ1) is 6.84. The summed E-state index contributed by atoms with van der Waals surface area (Å²) < 4.78 is 7.53. The predicted molar refractivity (Wildman–Crippen MR) is 53.8 cm³/mol. The summed E-state index contributed by atoms with van der Waals surface area (Å²) in [6, 6.07) is 5.83. The second kappa shape index (κ2) is 2.72. The molecule has 0 spiro atoms. The molecule has 0 radical (unpaired) electrons. The molecule has 0 saturated carbocycles. The van der Waals surface area contributed by atoms with Crippen molar-refractivity contribution in [2.45, 2.75) is 13.2 Å². The molecule has 1 aromatic heterocycles. The second-order valence-electron chi connectivity index (χ2n) is 3.48. The topological polar surface area (TPSA) is 53.1 Å². The van der Waals surface area contributed by atoms with E-state index in [4.69, 9.17) is 10.5 Å². The monoisotopic (exact) mass is 189 g/mol. The average Bonchev–Trinajstić information content (AvgIpc) is 2.54. The lowest BCUT2D eigenvalue weighted by Crippen LogP contribution is -2.16. The average molecular weight is 189 g/mol. The van der Waals surface area contributed by atoms with Crippen molar-refractivity contribution in [2.24, 2.45) is 0 Å². The number of nitrogens with zero attached hydrogens (tertiary/aromatic N) is 2. The highest BCUT2D eigenvalue weighted by molar-refractivity contribution is 5.79. The first-order valence-corrected chi connectivity index (χ1v) is 4.67. The van der Waals surface area contributed by atoms with Gasteiger partial charge < -0.3 is 15.0 Å². The first kappa shape index (κ1) is 7.82. The quantitative estimate of drug-likeness (QED) is 0.632. The summed E-state index contributed by atoms with van der Waals surface area (Å²) >= 11 is 0. The van der Waals surface area contributed by atoms with Gasteiger partial charge in [0.2, 0.25) is 0 Å². The van der Waals surface area contributed by atoms with Crippen LogP contribution in [0.25, 0.3) is 11.0 Å². The zero-order chi connectivity index (χ0) is 9.54. The van der Waals surface area contributed by atoms with E-state index in [0.29, 0.717) is 6.61 Å². The Morgan fingerprint density at radius 3 is 3.29 bits per heavy atom. The number of imidazole rings is 1. The third-order valence-corrected chi connectivity index (χ3v) is 2.54. The Labute approximate surface area is 81.3 Å². The molecule has 0 saturated heterocycles. The van der Waals surface area contributed by atoms with Crippen molar-refractivity contribution in [1.82, 2.24) is 9.55 Å². The van der Waals surface area contributed by atoms with Crippen LogP contribution in [0.1, 0.15) is 5.82 Å². The van der Waals surface area contributed by atoms with Gasteiger partial charge in [0.05, 0.1) is 17.6 Å². The van der Waals surface area contributed by atoms with Gasteiger partial charge in [-0.25, -0.2) is 4.98 Å². The minimum Gasteiger partial charge on any atom is -0.399 e. The molecule has 4 heteroatoms. The summed E-state index contributed by atoms with van der Waals surface area (Å²) in [4.78, 5) is 4.47. The standard InChI is InChI=1S/C10H11N3O/c11-7-1-2-9-8(5-7)12-10-6-14-4-3-13(9)10/h1-2,5H,3-4,6,11H2. The Bertz CT molecular complexity index is 489. The summed E-state index contributed by atoms with van der Waals surface area (Å²) in [6.07, 6.45) is 0. The van der Waals surface area contributed by atoms with E-state index in [1.54, 1.807) is 0 Å². The molecule has 1 aromatic carbocycles. The third-order valence-electron chi connectivity index (χ3n) is 2.54. The van der Waals surface area contributed by atoms with E-state index in [9.17, 15) is 0 Å². The van der Waals surface area contributed by atoms with Crippen LogP contribution < -0.4 is 5.73 Å². The molecule has 2 N–H and O–H groups in total. The normalized spacial score (nSPS) is 15.7. The van der Waals surface area contributed by atoms with Gasteiger partial charge in [0.1, 0.15) is 12.4 Å². The fraction of sp³-hybridized carbons (Fsp3) is 0.300. The molecule has 3 rings (SSSR count). The van der Waals surface area contributed by atoms with Crippen LogP contribution in [0, 0.1) is 0 Å². The summed E-state index contributed by atoms with van der Waals surface area (Å²) in [6.45, 7) is 2.26. The fourth-order valence-electron chi connectivity index (χ4n) is 1.88. The van der Waals surface area contributed by atoms with Gasteiger partial charge in [0.15, 0.2) is 0 Å². The van der Waals surface area contributed by atoms with Crippen molar-refractivity contribution >= 4 is 16.7 Å². The van der Waals surface area contributed by atoms with Crippen LogP contribution in [-0.4, -0.2) is 16.2 Å². The molecule has 0 atom stereocenters. The number of rotatable bonds is 0. The lowest BCUT2D eigenvalue weighted by Gasteiger charge is -2.14. The number of nitrogen functional groups attached to an aromatic ring is 1. The van der Waals surface area contributed by atoms with E-state index in [0.717, 1.165) is 35.7 Å². The minimum atomic E-state index is 0.606. The Balaban J connectivity index is 2.31. The van der Waals surface area contributed by atoms with Gasteiger partial charge in [-0.2, -0.15) is 0 Å². The Morgan fingerprint density at radius 1 is 1.43 bits per heavy atom. The van der Waals surface area contributed by atoms with Gasteiger partial charge in [-0.3, -0.25) is 0 Å². The van der Waals surface area contributed by atoms with Crippen LogP contribution in [-0.2, 0) is 17.9 Å². The van der Waals surface area contributed by atoms with Crippen molar-refractivity contribution in [1.29, 1.82) is 0 Å². The maximum absolute atomic E-state index is 5.70. The zero-order valence-corrected chi connectivity index (χ0v) is 7.73. The molecule has 2 heterocycles. The van der Waals surface area contributed by atoms with Crippen LogP contribution in [0.5, 0.6) is 0 Å². The van der Waals surface area contributed by atoms with Gasteiger partial charge in [-0.1, -0.05) is 0 Å².